The number of nitrogens with zero attached hydrogens (tertiary/aromatic N) is 4. The number of benzene rings is 1. The Kier molecular flexibility index (Phi) is 8.97. The fourth-order valence-electron chi connectivity index (χ4n) is 4.47. The van der Waals surface area contributed by atoms with Crippen LogP contribution in [0.2, 0.25) is 0 Å². The van der Waals surface area contributed by atoms with E-state index in [0.717, 1.165) is 31.2 Å². The van der Waals surface area contributed by atoms with E-state index in [2.05, 4.69) is 49.3 Å². The maximum atomic E-state index is 6.00. The van der Waals surface area contributed by atoms with Crippen LogP contribution < -0.4 is 14.8 Å². The van der Waals surface area contributed by atoms with E-state index in [4.69, 9.17) is 4.74 Å². The molecule has 0 bridgehead atoms. The largest absolute Gasteiger partial charge is 0.494 e. The minimum Gasteiger partial charge on any atom is -0.494 e. The van der Waals surface area contributed by atoms with E-state index in [1.54, 1.807) is 16.6 Å². The molecule has 1 aliphatic carbocycles. The van der Waals surface area contributed by atoms with Crippen LogP contribution in [0.5, 0.6) is 5.75 Å². The van der Waals surface area contributed by atoms with Crippen LogP contribution in [-0.4, -0.2) is 51.2 Å². The van der Waals surface area contributed by atoms with Crippen molar-refractivity contribution in [2.75, 3.05) is 36.3 Å². The predicted octanol–water partition coefficient (Wildman–Crippen LogP) is 5.07. The van der Waals surface area contributed by atoms with Gasteiger partial charge in [-0.25, -0.2) is 4.68 Å². The van der Waals surface area contributed by atoms with Gasteiger partial charge >= 0.3 is 0 Å². The van der Waals surface area contributed by atoms with Crippen LogP contribution in [0.1, 0.15) is 63.4 Å². The molecule has 2 aromatic rings. The molecule has 1 aromatic carbocycles. The smallest absolute Gasteiger partial charge is 0.253 e. The Bertz CT molecular complexity index is 817. The van der Waals surface area contributed by atoms with Gasteiger partial charge in [0, 0.05) is 25.4 Å². The molecule has 2 N–H and O–H groups in total. The van der Waals surface area contributed by atoms with Crippen molar-refractivity contribution in [3.05, 3.63) is 29.8 Å². The molecule has 0 unspecified atom stereocenters. The Morgan fingerprint density at radius 3 is 2.75 bits per heavy atom. The second kappa shape index (κ2) is 12.3. The van der Waals surface area contributed by atoms with E-state index >= 15 is 0 Å². The van der Waals surface area contributed by atoms with Gasteiger partial charge < -0.3 is 10.1 Å². The molecule has 1 aromatic heterocycles. The lowest BCUT2D eigenvalue weighted by Crippen LogP contribution is -2.29. The van der Waals surface area contributed by atoms with Crippen LogP contribution in [-0.2, 0) is 13.6 Å². The number of likely N-dealkylation sites (tertiary alicyclic amines) is 1. The van der Waals surface area contributed by atoms with Gasteiger partial charge in [-0.15, -0.1) is 5.10 Å². The lowest BCUT2D eigenvalue weighted by molar-refractivity contribution is 0.220. The normalized spacial score (nSPS) is 17.9. The van der Waals surface area contributed by atoms with Crippen LogP contribution >= 0.6 is 11.9 Å². The number of rotatable bonds is 11. The van der Waals surface area contributed by atoms with E-state index < -0.39 is 0 Å². The topological polar surface area (TPSA) is 67.2 Å². The van der Waals surface area contributed by atoms with E-state index in [-0.39, 0.29) is 0 Å². The summed E-state index contributed by atoms with van der Waals surface area (Å²) < 4.78 is 11.1. The van der Waals surface area contributed by atoms with Crippen LogP contribution in [0.4, 0.5) is 11.9 Å². The Morgan fingerprint density at radius 2 is 1.91 bits per heavy atom. The molecular weight excluding hydrogens is 420 g/mol. The second-order valence-corrected chi connectivity index (χ2v) is 10.1. The molecule has 176 valence electrons. The third-order valence-electron chi connectivity index (χ3n) is 6.26. The number of aromatic nitrogens is 3. The Hall–Kier alpha value is -1.93. The van der Waals surface area contributed by atoms with Gasteiger partial charge in [-0.1, -0.05) is 37.8 Å². The SMILES string of the molecule is Cn1nc(NSC2CCCCC2)nc1NCCCOc1cccc(CN2CCCCC2)c1. The standard InChI is InChI=1S/C24H38N6OS/c1-29-24(26-23(27-29)28-32-22-12-4-2-5-13-22)25-14-9-17-31-21-11-8-10-20(18-21)19-30-15-6-3-7-16-30/h8,10-11,18,22H,2-7,9,12-17,19H2,1H3,(H2,25,26,27,28). The highest BCUT2D eigenvalue weighted by atomic mass is 32.2. The lowest BCUT2D eigenvalue weighted by Gasteiger charge is -2.26. The van der Waals surface area contributed by atoms with Crippen LogP contribution in [0.15, 0.2) is 24.3 Å². The highest BCUT2D eigenvalue weighted by Gasteiger charge is 2.15. The second-order valence-electron chi connectivity index (χ2n) is 8.98. The van der Waals surface area contributed by atoms with Gasteiger partial charge in [0.15, 0.2) is 0 Å². The molecule has 2 aliphatic rings. The minimum absolute atomic E-state index is 0.680. The van der Waals surface area contributed by atoms with Crippen LogP contribution in [0.25, 0.3) is 0 Å². The fourth-order valence-corrected chi connectivity index (χ4v) is 5.40. The van der Waals surface area contributed by atoms with Crippen molar-refractivity contribution in [2.45, 2.75) is 69.6 Å². The highest BCUT2D eigenvalue weighted by molar-refractivity contribution is 8.01. The number of hydrogen-bond donors (Lipinski definition) is 2. The summed E-state index contributed by atoms with van der Waals surface area (Å²) in [7, 11) is 1.93. The van der Waals surface area contributed by atoms with E-state index in [0.29, 0.717) is 17.8 Å². The van der Waals surface area contributed by atoms with E-state index in [1.807, 2.05) is 7.05 Å². The van der Waals surface area contributed by atoms with Gasteiger partial charge in [0.2, 0.25) is 5.95 Å². The van der Waals surface area contributed by atoms with E-state index in [9.17, 15) is 0 Å². The Balaban J connectivity index is 1.14. The summed E-state index contributed by atoms with van der Waals surface area (Å²) in [6.07, 6.45) is 11.6. The number of ether oxygens (including phenoxy) is 1. The molecule has 32 heavy (non-hydrogen) atoms. The predicted molar refractivity (Wildman–Crippen MR) is 133 cm³/mol. The number of hydrogen-bond acceptors (Lipinski definition) is 7. The Morgan fingerprint density at radius 1 is 1.09 bits per heavy atom. The van der Waals surface area contributed by atoms with Crippen molar-refractivity contribution in [3.8, 4) is 5.75 Å². The summed E-state index contributed by atoms with van der Waals surface area (Å²) in [5.74, 6) is 2.44. The Labute approximate surface area is 196 Å². The maximum Gasteiger partial charge on any atom is 0.253 e. The molecule has 1 saturated heterocycles. The van der Waals surface area contributed by atoms with Crippen molar-refractivity contribution in [2.24, 2.45) is 7.05 Å². The molecule has 7 nitrogen and oxygen atoms in total. The molecule has 4 rings (SSSR count). The number of nitrogens with one attached hydrogen (secondary N) is 2. The van der Waals surface area contributed by atoms with E-state index in [1.165, 1.54) is 70.0 Å². The van der Waals surface area contributed by atoms with Crippen LogP contribution in [0, 0.1) is 0 Å². The zero-order valence-electron chi connectivity index (χ0n) is 19.4. The van der Waals surface area contributed by atoms with Gasteiger partial charge in [0.05, 0.1) is 6.61 Å². The molecule has 0 amide bonds. The zero-order valence-corrected chi connectivity index (χ0v) is 20.2. The van der Waals surface area contributed by atoms with Gasteiger partial charge in [0.25, 0.3) is 5.95 Å². The first-order valence-corrected chi connectivity index (χ1v) is 13.1. The van der Waals surface area contributed by atoms with Crippen molar-refractivity contribution < 1.29 is 4.74 Å². The first-order chi connectivity index (χ1) is 15.8. The third kappa shape index (κ3) is 7.30. The van der Waals surface area contributed by atoms with Crippen molar-refractivity contribution in [3.63, 3.8) is 0 Å². The molecule has 0 atom stereocenters. The first kappa shape index (κ1) is 23.2. The van der Waals surface area contributed by atoms with Crippen molar-refractivity contribution in [1.29, 1.82) is 0 Å². The molecule has 1 aliphatic heterocycles. The van der Waals surface area contributed by atoms with Crippen molar-refractivity contribution in [1.82, 2.24) is 19.7 Å². The average Bonchev–Trinajstić information content (AvgIpc) is 3.18. The zero-order chi connectivity index (χ0) is 22.0. The highest BCUT2D eigenvalue weighted by Crippen LogP contribution is 2.28. The van der Waals surface area contributed by atoms with Crippen molar-refractivity contribution >= 4 is 23.8 Å². The quantitative estimate of drug-likeness (QED) is 0.360. The monoisotopic (exact) mass is 458 g/mol. The maximum absolute atomic E-state index is 6.00. The molecule has 0 radical (unpaired) electrons. The molecular formula is C24H38N6OS. The summed E-state index contributed by atoms with van der Waals surface area (Å²) in [5.41, 5.74) is 1.34. The molecule has 8 heteroatoms. The van der Waals surface area contributed by atoms with Gasteiger partial charge in [-0.2, -0.15) is 4.98 Å². The molecule has 2 heterocycles. The first-order valence-electron chi connectivity index (χ1n) is 12.3. The molecule has 0 spiro atoms. The number of piperidine rings is 1. The molecule has 1 saturated carbocycles. The lowest BCUT2D eigenvalue weighted by atomic mass is 10.0. The number of anilines is 2. The summed E-state index contributed by atoms with van der Waals surface area (Å²) >= 11 is 1.77. The summed E-state index contributed by atoms with van der Waals surface area (Å²) in [6.45, 7) is 4.95. The fraction of sp³-hybridized carbons (Fsp3) is 0.667. The average molecular weight is 459 g/mol. The summed E-state index contributed by atoms with van der Waals surface area (Å²) in [5, 5.41) is 8.53. The molecule has 2 fully saturated rings. The summed E-state index contributed by atoms with van der Waals surface area (Å²) in [4.78, 5) is 7.13. The minimum atomic E-state index is 0.680. The van der Waals surface area contributed by atoms with Gasteiger partial charge in [-0.3, -0.25) is 9.62 Å². The summed E-state index contributed by atoms with van der Waals surface area (Å²) in [6, 6.07) is 8.55. The third-order valence-corrected chi connectivity index (χ3v) is 7.36. The number of aryl methyl sites for hydroxylation is 1. The van der Waals surface area contributed by atoms with Crippen LogP contribution in [0.3, 0.4) is 0 Å². The van der Waals surface area contributed by atoms with Gasteiger partial charge in [-0.05, 0) is 74.8 Å². The van der Waals surface area contributed by atoms with Gasteiger partial charge in [0.1, 0.15) is 5.75 Å².